The van der Waals surface area contributed by atoms with Gasteiger partial charge in [0.1, 0.15) is 0 Å². The highest BCUT2D eigenvalue weighted by Crippen LogP contribution is 2.32. The number of rotatable bonds is 1. The molecular formula is C5H3Br2NO2S. The van der Waals surface area contributed by atoms with Crippen LogP contribution in [0.1, 0.15) is 9.67 Å². The van der Waals surface area contributed by atoms with E-state index in [1.165, 1.54) is 11.3 Å². The molecule has 11 heavy (non-hydrogen) atoms. The van der Waals surface area contributed by atoms with Crippen molar-refractivity contribution in [2.75, 3.05) is 0 Å². The van der Waals surface area contributed by atoms with Crippen LogP contribution in [0.3, 0.4) is 0 Å². The van der Waals surface area contributed by atoms with Gasteiger partial charge in [0, 0.05) is 4.47 Å². The third kappa shape index (κ3) is 2.02. The van der Waals surface area contributed by atoms with Gasteiger partial charge in [-0.1, -0.05) is 0 Å². The number of amides is 1. The van der Waals surface area contributed by atoms with E-state index in [-0.39, 0.29) is 0 Å². The summed E-state index contributed by atoms with van der Waals surface area (Å²) in [4.78, 5) is 11.2. The normalized spacial score (nSPS) is 9.73. The van der Waals surface area contributed by atoms with E-state index in [0.29, 0.717) is 4.88 Å². The summed E-state index contributed by atoms with van der Waals surface area (Å²) in [5.41, 5.74) is 1.55. The molecule has 0 atom stereocenters. The highest BCUT2D eigenvalue weighted by molar-refractivity contribution is 9.13. The molecule has 0 radical (unpaired) electrons. The van der Waals surface area contributed by atoms with Crippen LogP contribution in [0.25, 0.3) is 0 Å². The summed E-state index contributed by atoms with van der Waals surface area (Å²) in [6.45, 7) is 0. The first-order valence-electron chi connectivity index (χ1n) is 2.54. The molecule has 1 rings (SSSR count). The summed E-state index contributed by atoms with van der Waals surface area (Å²) in [5, 5.41) is 8.26. The minimum Gasteiger partial charge on any atom is -0.288 e. The summed E-state index contributed by atoms with van der Waals surface area (Å²) < 4.78 is 1.64. The van der Waals surface area contributed by atoms with Crippen molar-refractivity contribution in [1.82, 2.24) is 5.48 Å². The van der Waals surface area contributed by atoms with Gasteiger partial charge in [0.2, 0.25) is 0 Å². The minimum absolute atomic E-state index is 0.450. The average molecular weight is 301 g/mol. The van der Waals surface area contributed by atoms with Crippen molar-refractivity contribution >= 4 is 49.1 Å². The molecule has 3 nitrogen and oxygen atoms in total. The van der Waals surface area contributed by atoms with Crippen LogP contribution in [0.5, 0.6) is 0 Å². The summed E-state index contributed by atoms with van der Waals surface area (Å²) in [5.74, 6) is -0.499. The molecule has 0 unspecified atom stereocenters. The first-order chi connectivity index (χ1) is 5.15. The second kappa shape index (κ2) is 3.66. The Bertz CT molecular complexity index is 267. The van der Waals surface area contributed by atoms with Crippen LogP contribution in [-0.4, -0.2) is 11.1 Å². The Morgan fingerprint density at radius 3 is 2.64 bits per heavy atom. The van der Waals surface area contributed by atoms with Crippen molar-refractivity contribution in [2.24, 2.45) is 0 Å². The fraction of sp³-hybridized carbons (Fsp3) is 0. The highest BCUT2D eigenvalue weighted by atomic mass is 79.9. The summed E-state index contributed by atoms with van der Waals surface area (Å²) in [6.07, 6.45) is 0. The number of hydrogen-bond donors (Lipinski definition) is 2. The van der Waals surface area contributed by atoms with Gasteiger partial charge in [-0.15, -0.1) is 11.3 Å². The second-order valence-corrected chi connectivity index (χ2v) is 4.90. The molecule has 60 valence electrons. The van der Waals surface area contributed by atoms with Crippen LogP contribution in [0.4, 0.5) is 0 Å². The van der Waals surface area contributed by atoms with Gasteiger partial charge in [-0.25, -0.2) is 5.48 Å². The third-order valence-electron chi connectivity index (χ3n) is 0.970. The predicted octanol–water partition coefficient (Wildman–Crippen LogP) is 2.39. The van der Waals surface area contributed by atoms with E-state index in [4.69, 9.17) is 5.21 Å². The maximum Gasteiger partial charge on any atom is 0.284 e. The van der Waals surface area contributed by atoms with Crippen LogP contribution >= 0.6 is 43.2 Å². The molecule has 0 aromatic carbocycles. The largest absolute Gasteiger partial charge is 0.288 e. The minimum atomic E-state index is -0.499. The lowest BCUT2D eigenvalue weighted by molar-refractivity contribution is 0.0711. The third-order valence-corrected chi connectivity index (χ3v) is 4.23. The fourth-order valence-corrected chi connectivity index (χ4v) is 2.44. The molecule has 1 amide bonds. The lowest BCUT2D eigenvalue weighted by Crippen LogP contribution is -2.16. The van der Waals surface area contributed by atoms with Crippen molar-refractivity contribution in [3.05, 3.63) is 19.2 Å². The van der Waals surface area contributed by atoms with Crippen LogP contribution in [0.15, 0.2) is 14.3 Å². The molecule has 0 aliphatic rings. The van der Waals surface area contributed by atoms with E-state index in [2.05, 4.69) is 31.9 Å². The van der Waals surface area contributed by atoms with E-state index in [1.807, 2.05) is 0 Å². The molecule has 0 saturated heterocycles. The summed E-state index contributed by atoms with van der Waals surface area (Å²) in [6, 6.07) is 1.63. The monoisotopic (exact) mass is 299 g/mol. The van der Waals surface area contributed by atoms with Crippen molar-refractivity contribution in [3.8, 4) is 0 Å². The van der Waals surface area contributed by atoms with Crippen molar-refractivity contribution in [2.45, 2.75) is 0 Å². The molecule has 2 N–H and O–H groups in total. The standard InChI is InChI=1S/C5H3Br2NO2S/c6-2-1-3(5(9)8-10)11-4(2)7/h1,10H,(H,8,9). The SMILES string of the molecule is O=C(NO)c1cc(Br)c(Br)s1. The van der Waals surface area contributed by atoms with Crippen LogP contribution < -0.4 is 5.48 Å². The van der Waals surface area contributed by atoms with E-state index >= 15 is 0 Å². The molecular weight excluding hydrogens is 298 g/mol. The number of hydroxylamine groups is 1. The maximum atomic E-state index is 10.8. The summed E-state index contributed by atoms with van der Waals surface area (Å²) in [7, 11) is 0. The quantitative estimate of drug-likeness (QED) is 0.618. The zero-order chi connectivity index (χ0) is 8.43. The number of carbonyl (C=O) groups is 1. The molecule has 1 heterocycles. The topological polar surface area (TPSA) is 49.3 Å². The number of hydrogen-bond acceptors (Lipinski definition) is 3. The van der Waals surface area contributed by atoms with Crippen LogP contribution in [-0.2, 0) is 0 Å². The highest BCUT2D eigenvalue weighted by Gasteiger charge is 2.10. The Morgan fingerprint density at radius 1 is 1.64 bits per heavy atom. The van der Waals surface area contributed by atoms with Crippen LogP contribution in [0.2, 0.25) is 0 Å². The van der Waals surface area contributed by atoms with E-state index in [0.717, 1.165) is 8.26 Å². The molecule has 0 aliphatic heterocycles. The number of nitrogens with one attached hydrogen (secondary N) is 1. The zero-order valence-corrected chi connectivity index (χ0v) is 9.09. The lowest BCUT2D eigenvalue weighted by Gasteiger charge is -1.89. The fourth-order valence-electron chi connectivity index (χ4n) is 0.514. The Morgan fingerprint density at radius 2 is 2.27 bits per heavy atom. The van der Waals surface area contributed by atoms with Crippen LogP contribution in [0, 0.1) is 0 Å². The first kappa shape index (κ1) is 9.18. The van der Waals surface area contributed by atoms with Gasteiger partial charge in [0.05, 0.1) is 8.66 Å². The summed E-state index contributed by atoms with van der Waals surface area (Å²) >= 11 is 7.68. The van der Waals surface area contributed by atoms with Gasteiger partial charge in [0.25, 0.3) is 5.91 Å². The Hall–Kier alpha value is 0.0900. The van der Waals surface area contributed by atoms with Crippen molar-refractivity contribution < 1.29 is 10.0 Å². The van der Waals surface area contributed by atoms with Crippen molar-refractivity contribution in [1.29, 1.82) is 0 Å². The molecule has 0 fully saturated rings. The Labute approximate surface area is 83.6 Å². The lowest BCUT2D eigenvalue weighted by atomic mass is 10.5. The molecule has 1 aromatic heterocycles. The smallest absolute Gasteiger partial charge is 0.284 e. The van der Waals surface area contributed by atoms with Gasteiger partial charge in [-0.05, 0) is 37.9 Å². The van der Waals surface area contributed by atoms with Gasteiger partial charge in [-0.3, -0.25) is 10.0 Å². The van der Waals surface area contributed by atoms with Gasteiger partial charge < -0.3 is 0 Å². The van der Waals surface area contributed by atoms with Gasteiger partial charge in [-0.2, -0.15) is 0 Å². The Kier molecular flexibility index (Phi) is 3.06. The first-order valence-corrected chi connectivity index (χ1v) is 4.94. The second-order valence-electron chi connectivity index (χ2n) is 1.67. The van der Waals surface area contributed by atoms with E-state index in [1.54, 1.807) is 11.5 Å². The molecule has 1 aromatic rings. The Balaban J connectivity index is 2.97. The van der Waals surface area contributed by atoms with Gasteiger partial charge >= 0.3 is 0 Å². The number of thiophene rings is 1. The average Bonchev–Trinajstić information content (AvgIpc) is 2.31. The maximum absolute atomic E-state index is 10.8. The zero-order valence-electron chi connectivity index (χ0n) is 5.10. The number of halogens is 2. The van der Waals surface area contributed by atoms with Gasteiger partial charge in [0.15, 0.2) is 0 Å². The molecule has 0 bridgehead atoms. The number of carbonyl (C=O) groups excluding carboxylic acids is 1. The van der Waals surface area contributed by atoms with E-state index < -0.39 is 5.91 Å². The molecule has 0 saturated carbocycles. The molecule has 0 spiro atoms. The molecule has 6 heteroatoms. The molecule has 0 aliphatic carbocycles. The van der Waals surface area contributed by atoms with Crippen molar-refractivity contribution in [3.63, 3.8) is 0 Å². The predicted molar refractivity (Wildman–Crippen MR) is 49.0 cm³/mol. The van der Waals surface area contributed by atoms with E-state index in [9.17, 15) is 4.79 Å².